The van der Waals surface area contributed by atoms with Gasteiger partial charge >= 0.3 is 0 Å². The molecule has 2 aliphatic carbocycles. The normalized spacial score (nSPS) is 41.4. The highest BCUT2D eigenvalue weighted by Gasteiger charge is 2.40. The van der Waals surface area contributed by atoms with E-state index in [1.165, 1.54) is 45.4 Å². The lowest BCUT2D eigenvalue weighted by molar-refractivity contribution is 0.105. The highest BCUT2D eigenvalue weighted by molar-refractivity contribution is 4.93. The third kappa shape index (κ3) is 3.22. The average molecular weight is 278 g/mol. The molecule has 20 heavy (non-hydrogen) atoms. The molecular weight excluding hydrogens is 244 g/mol. The fourth-order valence-electron chi connectivity index (χ4n) is 5.22. The average Bonchev–Trinajstić information content (AvgIpc) is 3.08. The molecule has 1 saturated heterocycles. The Morgan fingerprint density at radius 1 is 1.05 bits per heavy atom. The number of hydrogen-bond acceptors (Lipinski definition) is 2. The number of nitrogens with one attached hydrogen (secondary N) is 1. The Labute approximate surface area is 125 Å². The first kappa shape index (κ1) is 14.8. The maximum Gasteiger partial charge on any atom is 0.0120 e. The van der Waals surface area contributed by atoms with Crippen LogP contribution in [0.2, 0.25) is 0 Å². The Morgan fingerprint density at radius 2 is 1.95 bits per heavy atom. The van der Waals surface area contributed by atoms with Crippen molar-refractivity contribution in [2.24, 2.45) is 23.7 Å². The summed E-state index contributed by atoms with van der Waals surface area (Å²) in [5.41, 5.74) is 0. The van der Waals surface area contributed by atoms with Crippen molar-refractivity contribution in [1.29, 1.82) is 0 Å². The van der Waals surface area contributed by atoms with Gasteiger partial charge in [-0.25, -0.2) is 0 Å². The quantitative estimate of drug-likeness (QED) is 0.799. The summed E-state index contributed by atoms with van der Waals surface area (Å²) in [6, 6.07) is 0.788. The van der Waals surface area contributed by atoms with Crippen LogP contribution in [0.5, 0.6) is 0 Å². The van der Waals surface area contributed by atoms with E-state index < -0.39 is 0 Å². The van der Waals surface area contributed by atoms with Gasteiger partial charge in [0.25, 0.3) is 0 Å². The maximum atomic E-state index is 3.79. The van der Waals surface area contributed by atoms with Gasteiger partial charge in [0.1, 0.15) is 0 Å². The molecule has 1 heterocycles. The van der Waals surface area contributed by atoms with Crippen molar-refractivity contribution in [1.82, 2.24) is 10.2 Å². The third-order valence-corrected chi connectivity index (χ3v) is 6.38. The van der Waals surface area contributed by atoms with Crippen LogP contribution in [-0.4, -0.2) is 37.1 Å². The minimum atomic E-state index is 0.788. The Kier molecular flexibility index (Phi) is 5.04. The van der Waals surface area contributed by atoms with E-state index in [1.807, 2.05) is 0 Å². The lowest BCUT2D eigenvalue weighted by Crippen LogP contribution is -2.50. The second kappa shape index (κ2) is 6.79. The zero-order chi connectivity index (χ0) is 13.9. The molecule has 2 bridgehead atoms. The van der Waals surface area contributed by atoms with E-state index in [2.05, 4.69) is 24.1 Å². The molecule has 1 N–H and O–H groups in total. The first-order valence-corrected chi connectivity index (χ1v) is 9.25. The second-order valence-corrected chi connectivity index (χ2v) is 7.71. The summed E-state index contributed by atoms with van der Waals surface area (Å²) < 4.78 is 0. The van der Waals surface area contributed by atoms with Crippen molar-refractivity contribution in [3.8, 4) is 0 Å². The van der Waals surface area contributed by atoms with Gasteiger partial charge in [-0.15, -0.1) is 0 Å². The molecule has 5 unspecified atom stereocenters. The Hall–Kier alpha value is -0.0800. The summed E-state index contributed by atoms with van der Waals surface area (Å²) in [6.45, 7) is 9.97. The van der Waals surface area contributed by atoms with Crippen molar-refractivity contribution in [3.63, 3.8) is 0 Å². The van der Waals surface area contributed by atoms with Gasteiger partial charge in [0.05, 0.1) is 0 Å². The van der Waals surface area contributed by atoms with Gasteiger partial charge in [0.2, 0.25) is 0 Å². The topological polar surface area (TPSA) is 15.3 Å². The minimum Gasteiger partial charge on any atom is -0.314 e. The van der Waals surface area contributed by atoms with Crippen LogP contribution in [0.3, 0.4) is 0 Å². The van der Waals surface area contributed by atoms with Crippen LogP contribution in [0.15, 0.2) is 0 Å². The zero-order valence-corrected chi connectivity index (χ0v) is 13.6. The van der Waals surface area contributed by atoms with Crippen LogP contribution in [0, 0.1) is 23.7 Å². The molecule has 0 aromatic carbocycles. The highest BCUT2D eigenvalue weighted by Crippen LogP contribution is 2.48. The predicted octanol–water partition coefficient (Wildman–Crippen LogP) is 3.52. The molecule has 1 aliphatic heterocycles. The van der Waals surface area contributed by atoms with Crippen LogP contribution in [-0.2, 0) is 0 Å². The zero-order valence-electron chi connectivity index (χ0n) is 13.6. The molecule has 0 aromatic rings. The summed E-state index contributed by atoms with van der Waals surface area (Å²) in [7, 11) is 0. The molecule has 2 heteroatoms. The molecule has 2 nitrogen and oxygen atoms in total. The van der Waals surface area contributed by atoms with E-state index in [0.717, 1.165) is 29.7 Å². The fraction of sp³-hybridized carbons (Fsp3) is 1.00. The van der Waals surface area contributed by atoms with Gasteiger partial charge in [-0.1, -0.05) is 26.7 Å². The lowest BCUT2D eigenvalue weighted by atomic mass is 9.85. The molecule has 3 fully saturated rings. The number of fused-ring (bicyclic) bond motifs is 2. The number of likely N-dealkylation sites (tertiary alicyclic amines) is 1. The molecule has 0 amide bonds. The molecule has 0 aromatic heterocycles. The van der Waals surface area contributed by atoms with E-state index in [1.54, 1.807) is 25.7 Å². The molecule has 2 saturated carbocycles. The van der Waals surface area contributed by atoms with Crippen molar-refractivity contribution >= 4 is 0 Å². The molecule has 3 rings (SSSR count). The van der Waals surface area contributed by atoms with Crippen LogP contribution in [0.25, 0.3) is 0 Å². The standard InChI is InChI=1S/C18H34N2/c1-3-8-19-18-7-9-20(12-15(18)4-2)13-17-11-14-5-6-16(17)10-14/h14-19H,3-13H2,1-2H3. The van der Waals surface area contributed by atoms with Crippen molar-refractivity contribution in [3.05, 3.63) is 0 Å². The van der Waals surface area contributed by atoms with E-state index in [4.69, 9.17) is 0 Å². The van der Waals surface area contributed by atoms with Crippen molar-refractivity contribution < 1.29 is 0 Å². The molecule has 0 radical (unpaired) electrons. The van der Waals surface area contributed by atoms with Crippen LogP contribution < -0.4 is 5.32 Å². The van der Waals surface area contributed by atoms with E-state index >= 15 is 0 Å². The summed E-state index contributed by atoms with van der Waals surface area (Å²) in [6.07, 6.45) is 10.2. The first-order valence-electron chi connectivity index (χ1n) is 9.25. The molecular formula is C18H34N2. The van der Waals surface area contributed by atoms with Crippen LogP contribution >= 0.6 is 0 Å². The Balaban J connectivity index is 1.47. The summed E-state index contributed by atoms with van der Waals surface area (Å²) in [4.78, 5) is 2.81. The van der Waals surface area contributed by atoms with Gasteiger partial charge in [0, 0.05) is 19.1 Å². The van der Waals surface area contributed by atoms with Gasteiger partial charge in [-0.05, 0) is 68.9 Å². The van der Waals surface area contributed by atoms with Crippen LogP contribution in [0.1, 0.15) is 58.8 Å². The number of piperidine rings is 1. The SMILES string of the molecule is CCCNC1CCN(CC2CC3CCC2C3)CC1CC. The highest BCUT2D eigenvalue weighted by atomic mass is 15.2. The van der Waals surface area contributed by atoms with Gasteiger partial charge in [-0.2, -0.15) is 0 Å². The van der Waals surface area contributed by atoms with Crippen molar-refractivity contribution in [2.45, 2.75) is 64.8 Å². The lowest BCUT2D eigenvalue weighted by Gasteiger charge is -2.40. The molecule has 0 spiro atoms. The Bertz CT molecular complexity index is 304. The summed E-state index contributed by atoms with van der Waals surface area (Å²) in [5, 5.41) is 3.79. The van der Waals surface area contributed by atoms with Crippen molar-refractivity contribution in [2.75, 3.05) is 26.2 Å². The van der Waals surface area contributed by atoms with Gasteiger partial charge in [-0.3, -0.25) is 0 Å². The smallest absolute Gasteiger partial charge is 0.0120 e. The van der Waals surface area contributed by atoms with E-state index in [-0.39, 0.29) is 0 Å². The monoisotopic (exact) mass is 278 g/mol. The van der Waals surface area contributed by atoms with Gasteiger partial charge < -0.3 is 10.2 Å². The molecule has 3 aliphatic rings. The second-order valence-electron chi connectivity index (χ2n) is 7.71. The fourth-order valence-corrected chi connectivity index (χ4v) is 5.22. The Morgan fingerprint density at radius 3 is 2.60 bits per heavy atom. The largest absolute Gasteiger partial charge is 0.314 e. The van der Waals surface area contributed by atoms with Gasteiger partial charge in [0.15, 0.2) is 0 Å². The molecule has 5 atom stereocenters. The third-order valence-electron chi connectivity index (χ3n) is 6.38. The van der Waals surface area contributed by atoms with E-state index in [9.17, 15) is 0 Å². The predicted molar refractivity (Wildman–Crippen MR) is 85.9 cm³/mol. The number of rotatable bonds is 6. The summed E-state index contributed by atoms with van der Waals surface area (Å²) in [5.74, 6) is 4.13. The maximum absolute atomic E-state index is 3.79. The first-order chi connectivity index (χ1) is 9.80. The summed E-state index contributed by atoms with van der Waals surface area (Å²) >= 11 is 0. The molecule has 116 valence electrons. The minimum absolute atomic E-state index is 0.788. The number of hydrogen-bond donors (Lipinski definition) is 1. The van der Waals surface area contributed by atoms with Crippen LogP contribution in [0.4, 0.5) is 0 Å². The van der Waals surface area contributed by atoms with E-state index in [0.29, 0.717) is 0 Å². The number of nitrogens with zero attached hydrogens (tertiary/aromatic N) is 1.